The second-order valence-electron chi connectivity index (χ2n) is 4.88. The van der Waals surface area contributed by atoms with Gasteiger partial charge >= 0.3 is 7.12 Å². The van der Waals surface area contributed by atoms with Gasteiger partial charge in [-0.1, -0.05) is 6.08 Å². The Balaban J connectivity index is 2.18. The number of ketones is 1. The zero-order valence-corrected chi connectivity index (χ0v) is 9.09. The van der Waals surface area contributed by atoms with Gasteiger partial charge in [-0.2, -0.15) is 0 Å². The van der Waals surface area contributed by atoms with Gasteiger partial charge in [0.2, 0.25) is 0 Å². The fraction of sp³-hybridized carbons (Fsp3) is 0.700. The molecule has 2 aliphatic rings. The molecule has 14 heavy (non-hydrogen) atoms. The quantitative estimate of drug-likeness (QED) is 0.593. The largest absolute Gasteiger partial charge is 0.498 e. The molecular formula is C10H15BO3. The summed E-state index contributed by atoms with van der Waals surface area (Å²) in [6, 6.07) is 0. The van der Waals surface area contributed by atoms with Crippen molar-refractivity contribution in [1.29, 1.82) is 0 Å². The molecule has 0 aromatic carbocycles. The molecule has 2 rings (SSSR count). The van der Waals surface area contributed by atoms with Gasteiger partial charge in [0.1, 0.15) is 0 Å². The van der Waals surface area contributed by atoms with Crippen molar-refractivity contribution in [3.63, 3.8) is 0 Å². The number of allylic oxidation sites excluding steroid dienone is 2. The Morgan fingerprint density at radius 3 is 2.00 bits per heavy atom. The number of hydrogen-bond acceptors (Lipinski definition) is 3. The molecule has 0 atom stereocenters. The Morgan fingerprint density at radius 2 is 1.71 bits per heavy atom. The number of carbonyl (C=O) groups is 1. The summed E-state index contributed by atoms with van der Waals surface area (Å²) in [5.41, 5.74) is -0.0217. The van der Waals surface area contributed by atoms with Crippen LogP contribution in [-0.4, -0.2) is 24.1 Å². The minimum atomic E-state index is -0.457. The van der Waals surface area contributed by atoms with Crippen LogP contribution in [0, 0.1) is 0 Å². The third kappa shape index (κ3) is 1.25. The summed E-state index contributed by atoms with van der Waals surface area (Å²) in [5.74, 6) is 0.142. The van der Waals surface area contributed by atoms with E-state index in [2.05, 4.69) is 0 Å². The van der Waals surface area contributed by atoms with Gasteiger partial charge in [-0.15, -0.1) is 0 Å². The molecule has 1 saturated heterocycles. The van der Waals surface area contributed by atoms with Gasteiger partial charge in [-0.25, -0.2) is 0 Å². The second-order valence-corrected chi connectivity index (χ2v) is 4.88. The Bertz CT molecular complexity index is 301. The Hall–Kier alpha value is -0.605. The van der Waals surface area contributed by atoms with Crippen molar-refractivity contribution < 1.29 is 14.1 Å². The van der Waals surface area contributed by atoms with E-state index in [4.69, 9.17) is 9.31 Å². The number of hydrogen-bond donors (Lipinski definition) is 0. The average Bonchev–Trinajstić information content (AvgIpc) is 2.18. The van der Waals surface area contributed by atoms with E-state index < -0.39 is 7.12 Å². The Labute approximate surface area is 84.6 Å². The Morgan fingerprint density at radius 1 is 1.21 bits per heavy atom. The summed E-state index contributed by atoms with van der Waals surface area (Å²) < 4.78 is 11.5. The van der Waals surface area contributed by atoms with Gasteiger partial charge in [0.25, 0.3) is 0 Å². The zero-order valence-electron chi connectivity index (χ0n) is 9.09. The molecule has 1 fully saturated rings. The third-order valence-corrected chi connectivity index (χ3v) is 3.34. The lowest BCUT2D eigenvalue weighted by Gasteiger charge is -2.32. The SMILES string of the molecule is CC1(C)OB(C2=CCC2=O)OC1(C)C. The molecule has 0 bridgehead atoms. The van der Waals surface area contributed by atoms with Gasteiger partial charge in [0.05, 0.1) is 11.2 Å². The zero-order chi connectivity index (χ0) is 10.6. The second kappa shape index (κ2) is 2.70. The van der Waals surface area contributed by atoms with Crippen LogP contribution in [0.3, 0.4) is 0 Å². The molecule has 1 aliphatic carbocycles. The predicted octanol–water partition coefficient (Wildman–Crippen LogP) is 1.52. The lowest BCUT2D eigenvalue weighted by atomic mass is 9.69. The lowest BCUT2D eigenvalue weighted by molar-refractivity contribution is -0.115. The lowest BCUT2D eigenvalue weighted by Crippen LogP contribution is -2.41. The smallest absolute Gasteiger partial charge is 0.399 e. The fourth-order valence-electron chi connectivity index (χ4n) is 1.50. The van der Waals surface area contributed by atoms with Crippen LogP contribution in [0.1, 0.15) is 34.1 Å². The first-order chi connectivity index (χ1) is 6.33. The topological polar surface area (TPSA) is 35.5 Å². The summed E-state index contributed by atoms with van der Waals surface area (Å²) in [6.45, 7) is 7.93. The van der Waals surface area contributed by atoms with Crippen molar-refractivity contribution in [3.8, 4) is 0 Å². The van der Waals surface area contributed by atoms with Crippen molar-refractivity contribution >= 4 is 12.9 Å². The molecule has 0 saturated carbocycles. The molecule has 0 aromatic heterocycles. The van der Waals surface area contributed by atoms with E-state index in [0.29, 0.717) is 11.9 Å². The maximum atomic E-state index is 11.2. The minimum Gasteiger partial charge on any atom is -0.399 e. The number of carbonyl (C=O) groups excluding carboxylic acids is 1. The van der Waals surface area contributed by atoms with Crippen LogP contribution < -0.4 is 0 Å². The highest BCUT2D eigenvalue weighted by atomic mass is 16.7. The highest BCUT2D eigenvalue weighted by Gasteiger charge is 2.54. The molecule has 1 heterocycles. The molecule has 1 aliphatic heterocycles. The van der Waals surface area contributed by atoms with E-state index in [0.717, 1.165) is 0 Å². The summed E-state index contributed by atoms with van der Waals surface area (Å²) in [6.07, 6.45) is 2.41. The maximum Gasteiger partial charge on any atom is 0.498 e. The molecule has 0 spiro atoms. The highest BCUT2D eigenvalue weighted by molar-refractivity contribution is 6.63. The van der Waals surface area contributed by atoms with Gasteiger partial charge in [0, 0.05) is 11.9 Å². The first kappa shape index (κ1) is 9.93. The first-order valence-corrected chi connectivity index (χ1v) is 4.92. The summed E-state index contributed by atoms with van der Waals surface area (Å²) in [7, 11) is -0.457. The first-order valence-electron chi connectivity index (χ1n) is 4.92. The third-order valence-electron chi connectivity index (χ3n) is 3.34. The normalized spacial score (nSPS) is 28.7. The van der Waals surface area contributed by atoms with Crippen molar-refractivity contribution in [2.24, 2.45) is 0 Å². The summed E-state index contributed by atoms with van der Waals surface area (Å²) in [4.78, 5) is 11.2. The molecule has 3 nitrogen and oxygen atoms in total. The van der Waals surface area contributed by atoms with Gasteiger partial charge < -0.3 is 9.31 Å². The predicted molar refractivity (Wildman–Crippen MR) is 53.8 cm³/mol. The molecule has 0 unspecified atom stereocenters. The van der Waals surface area contributed by atoms with Gasteiger partial charge in [-0.3, -0.25) is 4.79 Å². The van der Waals surface area contributed by atoms with Crippen LogP contribution in [-0.2, 0) is 14.1 Å². The van der Waals surface area contributed by atoms with E-state index in [1.54, 1.807) is 0 Å². The average molecular weight is 194 g/mol. The maximum absolute atomic E-state index is 11.2. The van der Waals surface area contributed by atoms with Crippen LogP contribution in [0.25, 0.3) is 0 Å². The summed E-state index contributed by atoms with van der Waals surface area (Å²) in [5, 5.41) is 0. The molecule has 0 radical (unpaired) electrons. The standard InChI is InChI=1S/C10H15BO3/c1-9(2)10(3,4)14-11(13-9)7-5-6-8(7)12/h5H,6H2,1-4H3. The van der Waals surface area contributed by atoms with Crippen LogP contribution in [0.2, 0.25) is 0 Å². The van der Waals surface area contributed by atoms with E-state index >= 15 is 0 Å². The molecule has 0 aromatic rings. The Kier molecular flexibility index (Phi) is 1.92. The highest BCUT2D eigenvalue weighted by Crippen LogP contribution is 2.39. The van der Waals surface area contributed by atoms with E-state index in [1.807, 2.05) is 33.8 Å². The van der Waals surface area contributed by atoms with Crippen LogP contribution >= 0.6 is 0 Å². The minimum absolute atomic E-state index is 0.142. The molecule has 76 valence electrons. The molecular weight excluding hydrogens is 179 g/mol. The van der Waals surface area contributed by atoms with Crippen molar-refractivity contribution in [2.45, 2.75) is 45.3 Å². The summed E-state index contributed by atoms with van der Waals surface area (Å²) >= 11 is 0. The van der Waals surface area contributed by atoms with Crippen LogP contribution in [0.5, 0.6) is 0 Å². The number of Topliss-reactive ketones (excluding diaryl/α,β-unsaturated/α-hetero) is 1. The molecule has 4 heteroatoms. The van der Waals surface area contributed by atoms with Crippen LogP contribution in [0.15, 0.2) is 11.5 Å². The van der Waals surface area contributed by atoms with E-state index in [-0.39, 0.29) is 17.0 Å². The van der Waals surface area contributed by atoms with E-state index in [1.165, 1.54) is 0 Å². The van der Waals surface area contributed by atoms with E-state index in [9.17, 15) is 4.79 Å². The molecule has 0 N–H and O–H groups in total. The number of rotatable bonds is 1. The van der Waals surface area contributed by atoms with Crippen molar-refractivity contribution in [3.05, 3.63) is 11.5 Å². The molecule has 0 amide bonds. The van der Waals surface area contributed by atoms with Crippen molar-refractivity contribution in [2.75, 3.05) is 0 Å². The van der Waals surface area contributed by atoms with Crippen LogP contribution in [0.4, 0.5) is 0 Å². The van der Waals surface area contributed by atoms with Gasteiger partial charge in [-0.05, 0) is 27.7 Å². The van der Waals surface area contributed by atoms with Gasteiger partial charge in [0.15, 0.2) is 5.78 Å². The fourth-order valence-corrected chi connectivity index (χ4v) is 1.50. The monoisotopic (exact) mass is 194 g/mol. The van der Waals surface area contributed by atoms with Crippen molar-refractivity contribution in [1.82, 2.24) is 0 Å².